The van der Waals surface area contributed by atoms with Gasteiger partial charge >= 0.3 is 6.09 Å². The number of benzene rings is 1. The molecule has 2 heterocycles. The molecule has 1 N–H and O–H groups in total. The molecule has 8 nitrogen and oxygen atoms in total. The lowest BCUT2D eigenvalue weighted by atomic mass is 10.2. The molecular weight excluding hydrogens is 474 g/mol. The van der Waals surface area contributed by atoms with Gasteiger partial charge in [-0.3, -0.25) is 14.9 Å². The van der Waals surface area contributed by atoms with Gasteiger partial charge in [0, 0.05) is 9.90 Å². The molecule has 1 aliphatic heterocycles. The number of aliphatic imine (C=N–C) groups is 1. The number of nitrogens with zero attached hydrogens (tertiary/aromatic N) is 2. The predicted molar refractivity (Wildman–Crippen MR) is 128 cm³/mol. The molecule has 0 radical (unpaired) electrons. The lowest BCUT2D eigenvalue weighted by molar-refractivity contribution is -0.118. The van der Waals surface area contributed by atoms with Crippen molar-refractivity contribution in [3.63, 3.8) is 0 Å². The second kappa shape index (κ2) is 10.7. The number of amidine groups is 1. The second-order valence-corrected chi connectivity index (χ2v) is 8.73. The number of carbonyl (C=O) groups is 3. The van der Waals surface area contributed by atoms with Gasteiger partial charge in [-0.2, -0.15) is 0 Å². The van der Waals surface area contributed by atoms with Crippen LogP contribution < -0.4 is 15.0 Å². The van der Waals surface area contributed by atoms with Crippen molar-refractivity contribution < 1.29 is 23.9 Å². The van der Waals surface area contributed by atoms with Gasteiger partial charge in [-0.1, -0.05) is 23.4 Å². The molecule has 0 unspecified atom stereocenters. The Morgan fingerprint density at radius 2 is 2.12 bits per heavy atom. The number of alkyl carbamates (subject to hydrolysis) is 1. The van der Waals surface area contributed by atoms with Crippen molar-refractivity contribution in [2.75, 3.05) is 24.4 Å². The monoisotopic (exact) mass is 493 g/mol. The Morgan fingerprint density at radius 1 is 1.34 bits per heavy atom. The normalized spacial score (nSPS) is 14.5. The number of carbonyl (C=O) groups excluding carboxylic acids is 3. The largest absolute Gasteiger partial charge is 0.495 e. The minimum atomic E-state index is -0.829. The average molecular weight is 494 g/mol. The van der Waals surface area contributed by atoms with Crippen molar-refractivity contribution in [1.29, 1.82) is 0 Å². The van der Waals surface area contributed by atoms with Crippen LogP contribution in [0.15, 0.2) is 40.3 Å². The third-order valence-electron chi connectivity index (χ3n) is 4.23. The summed E-state index contributed by atoms with van der Waals surface area (Å²) in [4.78, 5) is 43.6. The summed E-state index contributed by atoms with van der Waals surface area (Å²) in [7, 11) is 1.48. The van der Waals surface area contributed by atoms with E-state index in [1.165, 1.54) is 23.3 Å². The number of anilines is 1. The van der Waals surface area contributed by atoms with E-state index in [1.807, 2.05) is 18.4 Å². The molecule has 0 spiro atoms. The fourth-order valence-corrected chi connectivity index (χ4v) is 4.57. The van der Waals surface area contributed by atoms with Crippen LogP contribution in [-0.4, -0.2) is 42.5 Å². The summed E-state index contributed by atoms with van der Waals surface area (Å²) >= 11 is 8.66. The van der Waals surface area contributed by atoms with Crippen LogP contribution in [0.2, 0.25) is 5.02 Å². The zero-order valence-corrected chi connectivity index (χ0v) is 19.9. The first kappa shape index (κ1) is 23.8. The zero-order chi connectivity index (χ0) is 23.3. The maximum absolute atomic E-state index is 13.3. The molecule has 1 aliphatic rings. The summed E-state index contributed by atoms with van der Waals surface area (Å²) in [6.07, 6.45) is 0.878. The molecule has 0 fully saturated rings. The highest BCUT2D eigenvalue weighted by molar-refractivity contribution is 8.14. The summed E-state index contributed by atoms with van der Waals surface area (Å²) < 4.78 is 10.1. The van der Waals surface area contributed by atoms with Gasteiger partial charge in [0.2, 0.25) is 5.91 Å². The number of thioether (sulfide) groups is 1. The Bertz CT molecular complexity index is 1110. The maximum Gasteiger partial charge on any atom is 0.413 e. The van der Waals surface area contributed by atoms with Crippen LogP contribution in [0.5, 0.6) is 5.75 Å². The smallest absolute Gasteiger partial charge is 0.413 e. The van der Waals surface area contributed by atoms with E-state index in [1.54, 1.807) is 31.2 Å². The molecule has 168 valence electrons. The SMILES string of the molecule is CCOC(=O)NC(=O)CSC1=N/C(=C\c2sccc2C)C(=O)N1c1cc(Cl)ccc1OC. The molecule has 32 heavy (non-hydrogen) atoms. The first-order valence-electron chi connectivity index (χ1n) is 9.46. The number of hydrogen-bond donors (Lipinski definition) is 1. The highest BCUT2D eigenvalue weighted by Crippen LogP contribution is 2.37. The Morgan fingerprint density at radius 3 is 2.78 bits per heavy atom. The Kier molecular flexibility index (Phi) is 7.94. The second-order valence-electron chi connectivity index (χ2n) is 6.41. The van der Waals surface area contributed by atoms with Crippen molar-refractivity contribution in [2.45, 2.75) is 13.8 Å². The molecule has 11 heteroatoms. The van der Waals surface area contributed by atoms with Gasteiger partial charge in [-0.25, -0.2) is 14.7 Å². The van der Waals surface area contributed by atoms with E-state index in [0.29, 0.717) is 16.5 Å². The molecule has 0 saturated carbocycles. The van der Waals surface area contributed by atoms with E-state index in [0.717, 1.165) is 22.2 Å². The molecule has 0 saturated heterocycles. The van der Waals surface area contributed by atoms with Crippen molar-refractivity contribution in [3.05, 3.63) is 50.8 Å². The molecule has 2 aromatic rings. The van der Waals surface area contributed by atoms with Crippen LogP contribution in [0.1, 0.15) is 17.4 Å². The van der Waals surface area contributed by atoms with E-state index >= 15 is 0 Å². The van der Waals surface area contributed by atoms with E-state index in [2.05, 4.69) is 10.3 Å². The quantitative estimate of drug-likeness (QED) is 0.596. The molecule has 3 rings (SSSR count). The summed E-state index contributed by atoms with van der Waals surface area (Å²) in [5, 5.41) is 4.71. The van der Waals surface area contributed by atoms with E-state index in [-0.39, 0.29) is 29.1 Å². The molecule has 0 atom stereocenters. The first-order valence-corrected chi connectivity index (χ1v) is 11.7. The van der Waals surface area contributed by atoms with Crippen LogP contribution >= 0.6 is 34.7 Å². The molecule has 1 aromatic carbocycles. The minimum Gasteiger partial charge on any atom is -0.495 e. The van der Waals surface area contributed by atoms with Gasteiger partial charge in [0.05, 0.1) is 25.2 Å². The molecular formula is C21H20ClN3O5S2. The van der Waals surface area contributed by atoms with Crippen molar-refractivity contribution in [2.24, 2.45) is 4.99 Å². The maximum atomic E-state index is 13.3. The molecule has 3 amide bonds. The first-order chi connectivity index (χ1) is 15.3. The summed E-state index contributed by atoms with van der Waals surface area (Å²) in [6, 6.07) is 6.83. The number of hydrogen-bond acceptors (Lipinski definition) is 8. The number of methoxy groups -OCH3 is 1. The van der Waals surface area contributed by atoms with Crippen molar-refractivity contribution in [3.8, 4) is 5.75 Å². The molecule has 0 bridgehead atoms. The fraction of sp³-hybridized carbons (Fsp3) is 0.238. The van der Waals surface area contributed by atoms with Gasteiger partial charge in [-0.15, -0.1) is 11.3 Å². The zero-order valence-electron chi connectivity index (χ0n) is 17.5. The molecule has 0 aliphatic carbocycles. The Balaban J connectivity index is 1.92. The number of nitrogens with one attached hydrogen (secondary N) is 1. The van der Waals surface area contributed by atoms with Gasteiger partial charge in [0.25, 0.3) is 5.91 Å². The van der Waals surface area contributed by atoms with Crippen LogP contribution in [0, 0.1) is 6.92 Å². The van der Waals surface area contributed by atoms with Gasteiger partial charge in [-0.05, 0) is 55.1 Å². The van der Waals surface area contributed by atoms with Gasteiger partial charge in [0.1, 0.15) is 11.4 Å². The van der Waals surface area contributed by atoms with Crippen LogP contribution in [-0.2, 0) is 14.3 Å². The lowest BCUT2D eigenvalue weighted by Crippen LogP contribution is -2.35. The minimum absolute atomic E-state index is 0.145. The lowest BCUT2D eigenvalue weighted by Gasteiger charge is -2.20. The predicted octanol–water partition coefficient (Wildman–Crippen LogP) is 4.47. The van der Waals surface area contributed by atoms with Gasteiger partial charge < -0.3 is 9.47 Å². The Hall–Kier alpha value is -2.82. The van der Waals surface area contributed by atoms with Crippen LogP contribution in [0.25, 0.3) is 6.08 Å². The number of halogens is 1. The topological polar surface area (TPSA) is 97.3 Å². The van der Waals surface area contributed by atoms with E-state index in [9.17, 15) is 14.4 Å². The number of imide groups is 1. The number of aryl methyl sites for hydroxylation is 1. The van der Waals surface area contributed by atoms with E-state index < -0.39 is 12.0 Å². The van der Waals surface area contributed by atoms with E-state index in [4.69, 9.17) is 21.1 Å². The number of rotatable bonds is 6. The number of ether oxygens (including phenoxy) is 2. The number of amides is 3. The highest BCUT2D eigenvalue weighted by atomic mass is 35.5. The molecule has 1 aromatic heterocycles. The summed E-state index contributed by atoms with van der Waals surface area (Å²) in [6.45, 7) is 3.72. The standard InChI is InChI=1S/C21H20ClN3O5S2/c1-4-30-21(28)24-18(26)11-32-20-23-14(10-17-12(2)7-8-31-17)19(27)25(20)15-9-13(22)5-6-16(15)29-3/h5-10H,4,11H2,1-3H3,(H,24,26,28)/b14-10-. The summed E-state index contributed by atoms with van der Waals surface area (Å²) in [5.74, 6) is -0.698. The summed E-state index contributed by atoms with van der Waals surface area (Å²) in [5.41, 5.74) is 1.63. The number of thiophene rings is 1. The van der Waals surface area contributed by atoms with Crippen LogP contribution in [0.4, 0.5) is 10.5 Å². The van der Waals surface area contributed by atoms with Crippen LogP contribution in [0.3, 0.4) is 0 Å². The fourth-order valence-electron chi connectivity index (χ4n) is 2.75. The third kappa shape index (κ3) is 5.50. The van der Waals surface area contributed by atoms with Gasteiger partial charge in [0.15, 0.2) is 5.17 Å². The average Bonchev–Trinajstić information content (AvgIpc) is 3.29. The Labute approximate surface area is 198 Å². The van der Waals surface area contributed by atoms with Crippen molar-refractivity contribution >= 4 is 69.5 Å². The highest BCUT2D eigenvalue weighted by Gasteiger charge is 2.34. The third-order valence-corrected chi connectivity index (χ3v) is 6.37. The van der Waals surface area contributed by atoms with Crippen molar-refractivity contribution in [1.82, 2.24) is 5.32 Å².